The Kier molecular flexibility index (Phi) is 7.97. The molecule has 0 aromatic rings. The van der Waals surface area contributed by atoms with E-state index in [1.54, 1.807) is 6.92 Å². The molecule has 0 saturated carbocycles. The second kappa shape index (κ2) is 8.03. The highest BCUT2D eigenvalue weighted by atomic mass is 32.2. The molecule has 0 rings (SSSR count). The Morgan fingerprint density at radius 1 is 1.31 bits per heavy atom. The van der Waals surface area contributed by atoms with E-state index in [0.717, 1.165) is 19.5 Å². The van der Waals surface area contributed by atoms with Gasteiger partial charge in [0, 0.05) is 11.8 Å². The minimum Gasteiger partial charge on any atom is -0.314 e. The van der Waals surface area contributed by atoms with Crippen LogP contribution in [0.15, 0.2) is 0 Å². The van der Waals surface area contributed by atoms with Crippen LogP contribution in [-0.2, 0) is 9.84 Å². The van der Waals surface area contributed by atoms with Crippen molar-refractivity contribution >= 4 is 9.84 Å². The van der Waals surface area contributed by atoms with Crippen LogP contribution >= 0.6 is 0 Å². The van der Waals surface area contributed by atoms with E-state index in [0.29, 0.717) is 18.2 Å². The SMILES string of the molecule is CCS(=O)(=O)CCCNC(C)CCN(C)C. The summed E-state index contributed by atoms with van der Waals surface area (Å²) in [4.78, 5) is 2.15. The van der Waals surface area contributed by atoms with Gasteiger partial charge in [-0.25, -0.2) is 8.42 Å². The fourth-order valence-corrected chi connectivity index (χ4v) is 2.21. The smallest absolute Gasteiger partial charge is 0.150 e. The molecule has 16 heavy (non-hydrogen) atoms. The van der Waals surface area contributed by atoms with Gasteiger partial charge < -0.3 is 10.2 Å². The average Bonchev–Trinajstić information content (AvgIpc) is 2.21. The van der Waals surface area contributed by atoms with Crippen LogP contribution in [0.5, 0.6) is 0 Å². The van der Waals surface area contributed by atoms with E-state index in [2.05, 4.69) is 31.2 Å². The van der Waals surface area contributed by atoms with Crippen molar-refractivity contribution in [2.75, 3.05) is 38.7 Å². The lowest BCUT2D eigenvalue weighted by molar-refractivity contribution is 0.366. The van der Waals surface area contributed by atoms with Crippen LogP contribution in [0.25, 0.3) is 0 Å². The molecule has 0 aromatic carbocycles. The molecule has 0 aliphatic heterocycles. The highest BCUT2D eigenvalue weighted by molar-refractivity contribution is 7.91. The molecule has 0 aromatic heterocycles. The Bertz CT molecular complexity index is 263. The van der Waals surface area contributed by atoms with Crippen molar-refractivity contribution in [3.05, 3.63) is 0 Å². The van der Waals surface area contributed by atoms with Crippen LogP contribution in [0.3, 0.4) is 0 Å². The zero-order valence-corrected chi connectivity index (χ0v) is 11.8. The zero-order valence-electron chi connectivity index (χ0n) is 11.0. The van der Waals surface area contributed by atoms with Crippen molar-refractivity contribution < 1.29 is 8.42 Å². The second-order valence-electron chi connectivity index (χ2n) is 4.54. The molecule has 1 N–H and O–H groups in total. The summed E-state index contributed by atoms with van der Waals surface area (Å²) in [5.41, 5.74) is 0. The van der Waals surface area contributed by atoms with Crippen molar-refractivity contribution in [2.24, 2.45) is 0 Å². The van der Waals surface area contributed by atoms with E-state index >= 15 is 0 Å². The van der Waals surface area contributed by atoms with Gasteiger partial charge in [-0.3, -0.25) is 0 Å². The molecule has 0 amide bonds. The maximum Gasteiger partial charge on any atom is 0.150 e. The fraction of sp³-hybridized carbons (Fsp3) is 1.00. The van der Waals surface area contributed by atoms with Gasteiger partial charge in [0.15, 0.2) is 0 Å². The Balaban J connectivity index is 3.52. The van der Waals surface area contributed by atoms with Crippen LogP contribution in [0.2, 0.25) is 0 Å². The monoisotopic (exact) mass is 250 g/mol. The van der Waals surface area contributed by atoms with E-state index < -0.39 is 9.84 Å². The van der Waals surface area contributed by atoms with Crippen LogP contribution in [0, 0.1) is 0 Å². The standard InChI is InChI=1S/C11H26N2O2S/c1-5-16(14,15)10-6-8-12-11(2)7-9-13(3)4/h11-12H,5-10H2,1-4H3. The molecule has 0 radical (unpaired) electrons. The quantitative estimate of drug-likeness (QED) is 0.613. The number of rotatable bonds is 9. The number of hydrogen-bond donors (Lipinski definition) is 1. The van der Waals surface area contributed by atoms with Gasteiger partial charge in [-0.1, -0.05) is 6.92 Å². The lowest BCUT2D eigenvalue weighted by atomic mass is 10.2. The van der Waals surface area contributed by atoms with Crippen molar-refractivity contribution in [2.45, 2.75) is 32.7 Å². The lowest BCUT2D eigenvalue weighted by Crippen LogP contribution is -2.31. The van der Waals surface area contributed by atoms with Gasteiger partial charge in [-0.2, -0.15) is 0 Å². The molecule has 0 fully saturated rings. The largest absolute Gasteiger partial charge is 0.314 e. The molecule has 0 bridgehead atoms. The van der Waals surface area contributed by atoms with Crippen LogP contribution in [-0.4, -0.2) is 58.1 Å². The first kappa shape index (κ1) is 15.9. The first-order valence-corrected chi connectivity index (χ1v) is 7.78. The zero-order chi connectivity index (χ0) is 12.6. The maximum absolute atomic E-state index is 11.2. The molecule has 1 unspecified atom stereocenters. The third-order valence-electron chi connectivity index (χ3n) is 2.57. The first-order chi connectivity index (χ1) is 7.37. The summed E-state index contributed by atoms with van der Waals surface area (Å²) in [6, 6.07) is 0.451. The lowest BCUT2D eigenvalue weighted by Gasteiger charge is -2.16. The molecule has 0 heterocycles. The molecular weight excluding hydrogens is 224 g/mol. The van der Waals surface area contributed by atoms with Gasteiger partial charge in [0.05, 0.1) is 5.75 Å². The summed E-state index contributed by atoms with van der Waals surface area (Å²) in [6.45, 7) is 5.68. The minimum absolute atomic E-state index is 0.253. The summed E-state index contributed by atoms with van der Waals surface area (Å²) < 4.78 is 22.4. The molecule has 0 aliphatic carbocycles. The van der Waals surface area contributed by atoms with Gasteiger partial charge in [-0.15, -0.1) is 0 Å². The Hall–Kier alpha value is -0.130. The topological polar surface area (TPSA) is 49.4 Å². The van der Waals surface area contributed by atoms with Crippen molar-refractivity contribution in [3.8, 4) is 0 Å². The maximum atomic E-state index is 11.2. The van der Waals surface area contributed by atoms with Crippen molar-refractivity contribution in [1.29, 1.82) is 0 Å². The highest BCUT2D eigenvalue weighted by Gasteiger charge is 2.07. The number of hydrogen-bond acceptors (Lipinski definition) is 4. The normalized spacial score (nSPS) is 14.3. The van der Waals surface area contributed by atoms with Gasteiger partial charge >= 0.3 is 0 Å². The predicted octanol–water partition coefficient (Wildman–Crippen LogP) is 0.741. The number of nitrogens with zero attached hydrogens (tertiary/aromatic N) is 1. The highest BCUT2D eigenvalue weighted by Crippen LogP contribution is 1.95. The number of nitrogens with one attached hydrogen (secondary N) is 1. The molecule has 0 spiro atoms. The molecular formula is C11H26N2O2S. The van der Waals surface area contributed by atoms with Gasteiger partial charge in [0.2, 0.25) is 0 Å². The third-order valence-corrected chi connectivity index (χ3v) is 4.36. The van der Waals surface area contributed by atoms with Gasteiger partial charge in [0.25, 0.3) is 0 Å². The van der Waals surface area contributed by atoms with Crippen molar-refractivity contribution in [1.82, 2.24) is 10.2 Å². The Morgan fingerprint density at radius 2 is 1.94 bits per heavy atom. The summed E-state index contributed by atoms with van der Waals surface area (Å²) in [6.07, 6.45) is 1.80. The van der Waals surface area contributed by atoms with Crippen LogP contribution in [0.4, 0.5) is 0 Å². The van der Waals surface area contributed by atoms with E-state index in [9.17, 15) is 8.42 Å². The van der Waals surface area contributed by atoms with Crippen LogP contribution in [0.1, 0.15) is 26.7 Å². The number of sulfone groups is 1. The average molecular weight is 250 g/mol. The molecule has 1 atom stereocenters. The molecule has 4 nitrogen and oxygen atoms in total. The summed E-state index contributed by atoms with van der Waals surface area (Å²) in [5.74, 6) is 0.556. The van der Waals surface area contributed by atoms with Gasteiger partial charge in [-0.05, 0) is 47.0 Å². The Labute approximate surface area is 100 Å². The van der Waals surface area contributed by atoms with Gasteiger partial charge in [0.1, 0.15) is 9.84 Å². The summed E-state index contributed by atoms with van der Waals surface area (Å²) >= 11 is 0. The molecule has 0 aliphatic rings. The predicted molar refractivity (Wildman–Crippen MR) is 69.6 cm³/mol. The minimum atomic E-state index is -2.79. The van der Waals surface area contributed by atoms with E-state index in [4.69, 9.17) is 0 Å². The molecule has 0 saturated heterocycles. The third kappa shape index (κ3) is 9.12. The molecule has 5 heteroatoms. The Morgan fingerprint density at radius 3 is 2.44 bits per heavy atom. The second-order valence-corrected chi connectivity index (χ2v) is 7.01. The first-order valence-electron chi connectivity index (χ1n) is 5.96. The van der Waals surface area contributed by atoms with Crippen molar-refractivity contribution in [3.63, 3.8) is 0 Å². The van der Waals surface area contributed by atoms with Crippen LogP contribution < -0.4 is 5.32 Å². The van der Waals surface area contributed by atoms with E-state index in [1.807, 2.05) is 0 Å². The summed E-state index contributed by atoms with van der Waals surface area (Å²) in [7, 11) is 1.32. The van der Waals surface area contributed by atoms with E-state index in [1.165, 1.54) is 0 Å². The fourth-order valence-electron chi connectivity index (χ4n) is 1.34. The summed E-state index contributed by atoms with van der Waals surface area (Å²) in [5, 5.41) is 3.34. The van der Waals surface area contributed by atoms with E-state index in [-0.39, 0.29) is 5.75 Å². The molecule has 98 valence electrons.